The summed E-state index contributed by atoms with van der Waals surface area (Å²) in [5.41, 5.74) is 1.66. The second-order valence-corrected chi connectivity index (χ2v) is 4.32. The lowest BCUT2D eigenvalue weighted by atomic mass is 9.90. The lowest BCUT2D eigenvalue weighted by molar-refractivity contribution is -0.143. The van der Waals surface area contributed by atoms with E-state index in [1.807, 2.05) is 13.8 Å². The van der Waals surface area contributed by atoms with Gasteiger partial charge >= 0.3 is 5.97 Å². The minimum Gasteiger partial charge on any atom is -0.318 e. The first-order chi connectivity index (χ1) is 8.45. The van der Waals surface area contributed by atoms with Crippen LogP contribution < -0.4 is 0 Å². The number of allylic oxidation sites excluding steroid dienone is 4. The summed E-state index contributed by atoms with van der Waals surface area (Å²) in [5.74, 6) is -0.723. The van der Waals surface area contributed by atoms with Crippen molar-refractivity contribution in [2.75, 3.05) is 6.67 Å². The molecule has 1 rings (SSSR count). The van der Waals surface area contributed by atoms with Crippen LogP contribution in [-0.2, 0) is 14.4 Å². The maximum atomic E-state index is 11.9. The minimum absolute atomic E-state index is 0.0588. The summed E-state index contributed by atoms with van der Waals surface area (Å²) >= 11 is 0. The SMILES string of the molecule is CC1=CC(=O)C(C(C)C)=CC1=NOC(=O)CCF. The molecule has 0 saturated heterocycles. The van der Waals surface area contributed by atoms with Crippen molar-refractivity contribution in [2.45, 2.75) is 27.2 Å². The molecule has 0 fully saturated rings. The van der Waals surface area contributed by atoms with Gasteiger partial charge in [0.15, 0.2) is 5.78 Å². The predicted molar refractivity (Wildman–Crippen MR) is 65.8 cm³/mol. The Bertz CT molecular complexity index is 447. The summed E-state index contributed by atoms with van der Waals surface area (Å²) in [6.07, 6.45) is 2.74. The molecule has 0 amide bonds. The van der Waals surface area contributed by atoms with E-state index in [9.17, 15) is 14.0 Å². The zero-order valence-electron chi connectivity index (χ0n) is 10.7. The Morgan fingerprint density at radius 2 is 2.11 bits per heavy atom. The number of hydrogen-bond donors (Lipinski definition) is 0. The van der Waals surface area contributed by atoms with Gasteiger partial charge < -0.3 is 4.84 Å². The van der Waals surface area contributed by atoms with Gasteiger partial charge in [0.2, 0.25) is 0 Å². The molecule has 0 N–H and O–H groups in total. The second kappa shape index (κ2) is 6.23. The predicted octanol–water partition coefficient (Wildman–Crippen LogP) is 2.36. The molecule has 0 spiro atoms. The number of hydrogen-bond acceptors (Lipinski definition) is 4. The number of halogens is 1. The molecule has 5 heteroatoms. The van der Waals surface area contributed by atoms with Crippen molar-refractivity contribution in [2.24, 2.45) is 11.1 Å². The van der Waals surface area contributed by atoms with Gasteiger partial charge in [0.1, 0.15) is 5.71 Å². The smallest absolute Gasteiger partial charge is 0.318 e. The third-order valence-electron chi connectivity index (χ3n) is 2.49. The molecular formula is C13H16FNO3. The molecule has 0 atom stereocenters. The third kappa shape index (κ3) is 3.61. The molecule has 0 aromatic heterocycles. The molecule has 1 aliphatic rings. The topological polar surface area (TPSA) is 55.7 Å². The van der Waals surface area contributed by atoms with Gasteiger partial charge in [-0.2, -0.15) is 0 Å². The molecule has 4 nitrogen and oxygen atoms in total. The van der Waals surface area contributed by atoms with E-state index < -0.39 is 12.6 Å². The van der Waals surface area contributed by atoms with Gasteiger partial charge in [-0.3, -0.25) is 9.18 Å². The Morgan fingerprint density at radius 1 is 1.44 bits per heavy atom. The first-order valence-electron chi connectivity index (χ1n) is 5.74. The summed E-state index contributed by atoms with van der Waals surface area (Å²) in [6, 6.07) is 0. The van der Waals surface area contributed by atoms with Gasteiger partial charge in [-0.05, 0) is 30.6 Å². The van der Waals surface area contributed by atoms with Crippen LogP contribution >= 0.6 is 0 Å². The van der Waals surface area contributed by atoms with Gasteiger partial charge in [0.05, 0.1) is 13.1 Å². The fourth-order valence-electron chi connectivity index (χ4n) is 1.46. The van der Waals surface area contributed by atoms with Crippen LogP contribution in [0.3, 0.4) is 0 Å². The number of nitrogens with zero attached hydrogens (tertiary/aromatic N) is 1. The van der Waals surface area contributed by atoms with E-state index in [0.29, 0.717) is 16.9 Å². The van der Waals surface area contributed by atoms with Crippen molar-refractivity contribution in [3.05, 3.63) is 23.3 Å². The highest BCUT2D eigenvalue weighted by Crippen LogP contribution is 2.19. The van der Waals surface area contributed by atoms with Crippen molar-refractivity contribution < 1.29 is 18.8 Å². The van der Waals surface area contributed by atoms with Crippen LogP contribution in [0.2, 0.25) is 0 Å². The molecule has 0 saturated carbocycles. The van der Waals surface area contributed by atoms with Crippen molar-refractivity contribution in [1.82, 2.24) is 0 Å². The monoisotopic (exact) mass is 253 g/mol. The van der Waals surface area contributed by atoms with E-state index >= 15 is 0 Å². The average molecular weight is 253 g/mol. The quantitative estimate of drug-likeness (QED) is 0.439. The Hall–Kier alpha value is -1.78. The molecule has 0 aliphatic heterocycles. The Kier molecular flexibility index (Phi) is 4.95. The summed E-state index contributed by atoms with van der Waals surface area (Å²) in [5, 5.41) is 3.65. The summed E-state index contributed by atoms with van der Waals surface area (Å²) in [7, 11) is 0. The molecule has 0 aromatic rings. The fraction of sp³-hybridized carbons (Fsp3) is 0.462. The van der Waals surface area contributed by atoms with Gasteiger partial charge in [0, 0.05) is 5.57 Å². The number of ketones is 1. The zero-order valence-corrected chi connectivity index (χ0v) is 10.7. The van der Waals surface area contributed by atoms with Crippen molar-refractivity contribution >= 4 is 17.5 Å². The van der Waals surface area contributed by atoms with E-state index in [1.165, 1.54) is 6.08 Å². The molecule has 0 bridgehead atoms. The average Bonchev–Trinajstić information content (AvgIpc) is 2.27. The van der Waals surface area contributed by atoms with Gasteiger partial charge in [-0.15, -0.1) is 0 Å². The number of rotatable bonds is 4. The van der Waals surface area contributed by atoms with Crippen LogP contribution in [0.25, 0.3) is 0 Å². The van der Waals surface area contributed by atoms with E-state index in [4.69, 9.17) is 0 Å². The molecule has 0 aromatic carbocycles. The Balaban J connectivity index is 2.87. The van der Waals surface area contributed by atoms with Crippen LogP contribution in [0.15, 0.2) is 28.5 Å². The first-order valence-corrected chi connectivity index (χ1v) is 5.74. The van der Waals surface area contributed by atoms with E-state index in [-0.39, 0.29) is 18.1 Å². The maximum absolute atomic E-state index is 11.9. The van der Waals surface area contributed by atoms with Gasteiger partial charge in [-0.1, -0.05) is 19.0 Å². The van der Waals surface area contributed by atoms with Crippen molar-refractivity contribution in [3.8, 4) is 0 Å². The number of alkyl halides is 1. The van der Waals surface area contributed by atoms with Crippen LogP contribution in [0.1, 0.15) is 27.2 Å². The summed E-state index contributed by atoms with van der Waals surface area (Å²) in [6.45, 7) is 4.72. The van der Waals surface area contributed by atoms with E-state index in [0.717, 1.165) is 0 Å². The maximum Gasteiger partial charge on any atom is 0.337 e. The highest BCUT2D eigenvalue weighted by atomic mass is 19.1. The number of carbonyl (C=O) groups is 2. The lowest BCUT2D eigenvalue weighted by Crippen LogP contribution is -2.16. The van der Waals surface area contributed by atoms with Crippen molar-refractivity contribution in [1.29, 1.82) is 0 Å². The zero-order chi connectivity index (χ0) is 13.7. The number of carbonyl (C=O) groups excluding carboxylic acids is 2. The van der Waals surface area contributed by atoms with Crippen molar-refractivity contribution in [3.63, 3.8) is 0 Å². The lowest BCUT2D eigenvalue weighted by Gasteiger charge is -2.14. The molecule has 18 heavy (non-hydrogen) atoms. The highest BCUT2D eigenvalue weighted by Gasteiger charge is 2.19. The largest absolute Gasteiger partial charge is 0.337 e. The number of oxime groups is 1. The summed E-state index contributed by atoms with van der Waals surface area (Å²) in [4.78, 5) is 27.2. The van der Waals surface area contributed by atoms with E-state index in [1.54, 1.807) is 13.0 Å². The second-order valence-electron chi connectivity index (χ2n) is 4.32. The Morgan fingerprint density at radius 3 is 2.67 bits per heavy atom. The molecular weight excluding hydrogens is 237 g/mol. The third-order valence-corrected chi connectivity index (χ3v) is 2.49. The molecule has 0 radical (unpaired) electrons. The van der Waals surface area contributed by atoms with E-state index in [2.05, 4.69) is 9.99 Å². The normalized spacial score (nSPS) is 17.8. The summed E-state index contributed by atoms with van der Waals surface area (Å²) < 4.78 is 11.9. The van der Waals surface area contributed by atoms with Gasteiger partial charge in [-0.25, -0.2) is 4.79 Å². The molecule has 1 aliphatic carbocycles. The van der Waals surface area contributed by atoms with Crippen LogP contribution in [-0.4, -0.2) is 24.1 Å². The molecule has 0 heterocycles. The molecule has 0 unspecified atom stereocenters. The van der Waals surface area contributed by atoms with Gasteiger partial charge in [0.25, 0.3) is 0 Å². The van der Waals surface area contributed by atoms with Crippen LogP contribution in [0, 0.1) is 5.92 Å². The standard InChI is InChI=1S/C13H16FNO3/c1-8(2)10-7-11(9(3)6-12(10)16)15-18-13(17)4-5-14/h6-8H,4-5H2,1-3H3. The molecule has 98 valence electrons. The Labute approximate surface area is 105 Å². The van der Waals surface area contributed by atoms with Crippen LogP contribution in [0.4, 0.5) is 4.39 Å². The first kappa shape index (κ1) is 14.3. The highest BCUT2D eigenvalue weighted by molar-refractivity contribution is 6.21. The minimum atomic E-state index is -0.774. The van der Waals surface area contributed by atoms with Crippen LogP contribution in [0.5, 0.6) is 0 Å². The fourth-order valence-corrected chi connectivity index (χ4v) is 1.46.